The summed E-state index contributed by atoms with van der Waals surface area (Å²) in [6.07, 6.45) is 1.05. The summed E-state index contributed by atoms with van der Waals surface area (Å²) in [7, 11) is 1.98. The molecule has 0 aromatic heterocycles. The third-order valence-corrected chi connectivity index (χ3v) is 2.78. The molecule has 0 fully saturated rings. The van der Waals surface area contributed by atoms with Gasteiger partial charge in [-0.3, -0.25) is 0 Å². The fourth-order valence-corrected chi connectivity index (χ4v) is 1.92. The number of fused-ring (bicyclic) bond motifs is 1. The molecule has 1 atom stereocenters. The molecular formula is C12H17NO. The lowest BCUT2D eigenvalue weighted by atomic mass is 10.00. The Labute approximate surface area is 85.3 Å². The van der Waals surface area contributed by atoms with Crippen molar-refractivity contribution in [2.24, 2.45) is 0 Å². The highest BCUT2D eigenvalue weighted by Gasteiger charge is 2.21. The number of rotatable bonds is 3. The zero-order valence-electron chi connectivity index (χ0n) is 8.84. The molecular weight excluding hydrogens is 174 g/mol. The maximum atomic E-state index is 5.71. The van der Waals surface area contributed by atoms with Crippen LogP contribution in [-0.4, -0.2) is 20.2 Å². The van der Waals surface area contributed by atoms with Gasteiger partial charge in [-0.25, -0.2) is 0 Å². The first-order valence-corrected chi connectivity index (χ1v) is 5.22. The smallest absolute Gasteiger partial charge is 0.126 e. The van der Waals surface area contributed by atoms with E-state index in [9.17, 15) is 0 Å². The van der Waals surface area contributed by atoms with Crippen LogP contribution in [0.4, 0.5) is 0 Å². The summed E-state index contributed by atoms with van der Waals surface area (Å²) in [5.74, 6) is 1.69. The van der Waals surface area contributed by atoms with Crippen LogP contribution in [0.25, 0.3) is 0 Å². The van der Waals surface area contributed by atoms with E-state index in [1.54, 1.807) is 0 Å². The van der Waals surface area contributed by atoms with Crippen LogP contribution in [0.3, 0.4) is 0 Å². The van der Waals surface area contributed by atoms with E-state index >= 15 is 0 Å². The monoisotopic (exact) mass is 191 g/mol. The van der Waals surface area contributed by atoms with Crippen LogP contribution in [0, 0.1) is 0 Å². The molecule has 2 heteroatoms. The zero-order valence-corrected chi connectivity index (χ0v) is 8.84. The van der Waals surface area contributed by atoms with Crippen molar-refractivity contribution in [2.45, 2.75) is 19.3 Å². The van der Waals surface area contributed by atoms with Crippen molar-refractivity contribution in [3.63, 3.8) is 0 Å². The number of benzene rings is 1. The van der Waals surface area contributed by atoms with Gasteiger partial charge >= 0.3 is 0 Å². The molecule has 76 valence electrons. The molecule has 14 heavy (non-hydrogen) atoms. The van der Waals surface area contributed by atoms with E-state index in [0.29, 0.717) is 5.92 Å². The Balaban J connectivity index is 2.25. The van der Waals surface area contributed by atoms with Crippen molar-refractivity contribution < 1.29 is 4.74 Å². The van der Waals surface area contributed by atoms with E-state index < -0.39 is 0 Å². The maximum absolute atomic E-state index is 5.71. The standard InChI is InChI=1S/C12H17NO/c1-9-8-14-12-10(6-7-13-2)4-3-5-11(9)12/h3-5,9,13H,6-8H2,1-2H3. The number of nitrogens with one attached hydrogen (secondary N) is 1. The number of hydrogen-bond donors (Lipinski definition) is 1. The molecule has 0 amide bonds. The molecule has 0 saturated heterocycles. The lowest BCUT2D eigenvalue weighted by molar-refractivity contribution is 0.334. The first-order chi connectivity index (χ1) is 6.83. The maximum Gasteiger partial charge on any atom is 0.126 e. The van der Waals surface area contributed by atoms with Crippen LogP contribution in [0.15, 0.2) is 18.2 Å². The van der Waals surface area contributed by atoms with Crippen LogP contribution < -0.4 is 10.1 Å². The van der Waals surface area contributed by atoms with Crippen LogP contribution in [0.2, 0.25) is 0 Å². The summed E-state index contributed by atoms with van der Waals surface area (Å²) in [6, 6.07) is 6.47. The predicted molar refractivity (Wildman–Crippen MR) is 58.0 cm³/mol. The Kier molecular flexibility index (Phi) is 2.73. The van der Waals surface area contributed by atoms with E-state index in [0.717, 1.165) is 25.3 Å². The fourth-order valence-electron chi connectivity index (χ4n) is 1.92. The van der Waals surface area contributed by atoms with E-state index in [1.165, 1.54) is 11.1 Å². The average Bonchev–Trinajstić information content (AvgIpc) is 2.58. The van der Waals surface area contributed by atoms with Gasteiger partial charge in [-0.2, -0.15) is 0 Å². The Hall–Kier alpha value is -1.02. The average molecular weight is 191 g/mol. The third-order valence-electron chi connectivity index (χ3n) is 2.78. The van der Waals surface area contributed by atoms with Crippen LogP contribution >= 0.6 is 0 Å². The first kappa shape index (κ1) is 9.53. The SMILES string of the molecule is CNCCc1cccc2c1OCC2C. The van der Waals surface area contributed by atoms with Crippen molar-refractivity contribution in [1.82, 2.24) is 5.32 Å². The molecule has 0 radical (unpaired) electrons. The molecule has 1 unspecified atom stereocenters. The minimum Gasteiger partial charge on any atom is -0.492 e. The largest absolute Gasteiger partial charge is 0.492 e. The normalized spacial score (nSPS) is 19.1. The quantitative estimate of drug-likeness (QED) is 0.788. The molecule has 0 aliphatic carbocycles. The molecule has 0 spiro atoms. The van der Waals surface area contributed by atoms with E-state index in [-0.39, 0.29) is 0 Å². The molecule has 1 aromatic rings. The highest BCUT2D eigenvalue weighted by Crippen LogP contribution is 2.36. The fraction of sp³-hybridized carbons (Fsp3) is 0.500. The van der Waals surface area contributed by atoms with Crippen molar-refractivity contribution >= 4 is 0 Å². The molecule has 1 heterocycles. The molecule has 1 aliphatic rings. The third kappa shape index (κ3) is 1.62. The van der Waals surface area contributed by atoms with E-state index in [1.807, 2.05) is 7.05 Å². The second-order valence-electron chi connectivity index (χ2n) is 3.90. The summed E-state index contributed by atoms with van der Waals surface area (Å²) < 4.78 is 5.71. The minimum atomic E-state index is 0.555. The lowest BCUT2D eigenvalue weighted by Gasteiger charge is -2.07. The van der Waals surface area contributed by atoms with Gasteiger partial charge in [-0.05, 0) is 25.6 Å². The summed E-state index contributed by atoms with van der Waals surface area (Å²) in [5.41, 5.74) is 2.71. The highest BCUT2D eigenvalue weighted by atomic mass is 16.5. The summed E-state index contributed by atoms with van der Waals surface area (Å²) in [6.45, 7) is 4.06. The van der Waals surface area contributed by atoms with Gasteiger partial charge in [0, 0.05) is 11.5 Å². The van der Waals surface area contributed by atoms with Gasteiger partial charge in [-0.15, -0.1) is 0 Å². The summed E-state index contributed by atoms with van der Waals surface area (Å²) >= 11 is 0. The Bertz CT molecular complexity index is 322. The summed E-state index contributed by atoms with van der Waals surface area (Å²) in [4.78, 5) is 0. The summed E-state index contributed by atoms with van der Waals surface area (Å²) in [5, 5.41) is 3.16. The molecule has 2 rings (SSSR count). The minimum absolute atomic E-state index is 0.555. The van der Waals surface area contributed by atoms with Crippen LogP contribution in [-0.2, 0) is 6.42 Å². The molecule has 0 bridgehead atoms. The van der Waals surface area contributed by atoms with Gasteiger partial charge in [-0.1, -0.05) is 25.1 Å². The van der Waals surface area contributed by atoms with Crippen LogP contribution in [0.5, 0.6) is 5.75 Å². The molecule has 2 nitrogen and oxygen atoms in total. The second-order valence-corrected chi connectivity index (χ2v) is 3.90. The predicted octanol–water partition coefficient (Wildman–Crippen LogP) is 1.94. The van der Waals surface area contributed by atoms with E-state index in [2.05, 4.69) is 30.4 Å². The topological polar surface area (TPSA) is 21.3 Å². The first-order valence-electron chi connectivity index (χ1n) is 5.22. The molecule has 1 N–H and O–H groups in total. The van der Waals surface area contributed by atoms with Gasteiger partial charge in [0.2, 0.25) is 0 Å². The van der Waals surface area contributed by atoms with Crippen molar-refractivity contribution in [1.29, 1.82) is 0 Å². The molecule has 1 aromatic carbocycles. The number of hydrogen-bond acceptors (Lipinski definition) is 2. The van der Waals surface area contributed by atoms with Crippen molar-refractivity contribution in [3.05, 3.63) is 29.3 Å². The van der Waals surface area contributed by atoms with Gasteiger partial charge in [0.1, 0.15) is 5.75 Å². The Morgan fingerprint density at radius 1 is 1.50 bits per heavy atom. The van der Waals surface area contributed by atoms with Gasteiger partial charge in [0.25, 0.3) is 0 Å². The molecule has 0 saturated carbocycles. The van der Waals surface area contributed by atoms with Crippen molar-refractivity contribution in [3.8, 4) is 5.75 Å². The van der Waals surface area contributed by atoms with Gasteiger partial charge in [0.05, 0.1) is 6.61 Å². The Morgan fingerprint density at radius 2 is 2.36 bits per heavy atom. The Morgan fingerprint density at radius 3 is 3.14 bits per heavy atom. The lowest BCUT2D eigenvalue weighted by Crippen LogP contribution is -2.10. The second kappa shape index (κ2) is 4.01. The highest BCUT2D eigenvalue weighted by molar-refractivity contribution is 5.46. The van der Waals surface area contributed by atoms with Crippen molar-refractivity contribution in [2.75, 3.05) is 20.2 Å². The van der Waals surface area contributed by atoms with E-state index in [4.69, 9.17) is 4.74 Å². The molecule has 1 aliphatic heterocycles. The number of para-hydroxylation sites is 1. The van der Waals surface area contributed by atoms with Gasteiger partial charge < -0.3 is 10.1 Å². The van der Waals surface area contributed by atoms with Crippen LogP contribution in [0.1, 0.15) is 24.0 Å². The van der Waals surface area contributed by atoms with Gasteiger partial charge in [0.15, 0.2) is 0 Å². The number of ether oxygens (including phenoxy) is 1. The number of likely N-dealkylation sites (N-methyl/N-ethyl adjacent to an activating group) is 1. The zero-order chi connectivity index (χ0) is 9.97.